The summed E-state index contributed by atoms with van der Waals surface area (Å²) in [6.45, 7) is 2.76. The molecule has 4 N–H and O–H groups in total. The fraction of sp³-hybridized carbons (Fsp3) is 0.667. The molecule has 56 heavy (non-hydrogen) atoms. The number of rotatable bonds is 17. The minimum atomic E-state index is -4.18. The van der Waals surface area contributed by atoms with Gasteiger partial charge in [-0.25, -0.2) is 27.0 Å². The molecule has 3 aliphatic carbocycles. The summed E-state index contributed by atoms with van der Waals surface area (Å²) in [5, 5.41) is 4.73. The number of likely N-dealkylation sites (tertiary alicyclic amines) is 1. The molecule has 20 heteroatoms. The molecule has 2 heterocycles. The predicted octanol–water partition coefficient (Wildman–Crippen LogP) is 3.46. The summed E-state index contributed by atoms with van der Waals surface area (Å²) >= 11 is 0. The second-order valence-corrected chi connectivity index (χ2v) is 17.7. The van der Waals surface area contributed by atoms with Crippen molar-refractivity contribution >= 4 is 44.9 Å². The molecule has 308 valence electrons. The molecule has 4 fully saturated rings. The number of amides is 4. The van der Waals surface area contributed by atoms with Crippen LogP contribution in [0.25, 0.3) is 11.0 Å². The van der Waals surface area contributed by atoms with Crippen molar-refractivity contribution in [2.24, 2.45) is 17.8 Å². The number of benzene rings is 1. The number of nitrogens with zero attached hydrogens (tertiary/aromatic N) is 2. The number of unbranched alkanes of at least 4 members (excludes halogenated alkanes) is 1. The third-order valence-corrected chi connectivity index (χ3v) is 13.8. The van der Waals surface area contributed by atoms with Gasteiger partial charge < -0.3 is 30.0 Å². The summed E-state index contributed by atoms with van der Waals surface area (Å²) in [5.41, 5.74) is -3.55. The largest absolute Gasteiger partial charge is 0.497 e. The lowest BCUT2D eigenvalue weighted by Crippen LogP contribution is -2.59. The lowest BCUT2D eigenvalue weighted by atomic mass is 9.96. The molecule has 6 atom stereocenters. The number of nitrogens with one attached hydrogen (secondary N) is 4. The lowest BCUT2D eigenvalue weighted by Gasteiger charge is -2.29. The van der Waals surface area contributed by atoms with Crippen LogP contribution in [-0.4, -0.2) is 96.2 Å². The number of alkyl carbamates (subject to hydrolysis) is 1. The van der Waals surface area contributed by atoms with Crippen LogP contribution in [0, 0.1) is 17.8 Å². The number of hydrogen-bond acceptors (Lipinski definition) is 10. The van der Waals surface area contributed by atoms with Crippen LogP contribution in [0.15, 0.2) is 23.0 Å². The second-order valence-electron chi connectivity index (χ2n) is 15.5. The van der Waals surface area contributed by atoms with Gasteiger partial charge in [-0.2, -0.15) is 8.78 Å². The van der Waals surface area contributed by atoms with Crippen LogP contribution in [0.1, 0.15) is 83.7 Å². The van der Waals surface area contributed by atoms with Crippen LogP contribution >= 0.6 is 0 Å². The number of ether oxygens (including phenoxy) is 2. The van der Waals surface area contributed by atoms with Crippen molar-refractivity contribution < 1.29 is 54.6 Å². The van der Waals surface area contributed by atoms with Crippen LogP contribution in [0.5, 0.6) is 5.75 Å². The molecular formula is C36H46F4N6O9S. The molecule has 1 aromatic carbocycles. The minimum absolute atomic E-state index is 0.0784. The molecule has 0 spiro atoms. The summed E-state index contributed by atoms with van der Waals surface area (Å²) in [5.74, 6) is -7.91. The van der Waals surface area contributed by atoms with Gasteiger partial charge in [0.25, 0.3) is 17.4 Å². The van der Waals surface area contributed by atoms with Crippen LogP contribution in [0.4, 0.5) is 22.4 Å². The van der Waals surface area contributed by atoms with Crippen LogP contribution < -0.4 is 25.7 Å². The van der Waals surface area contributed by atoms with Gasteiger partial charge in [-0.05, 0) is 75.8 Å². The maximum Gasteiger partial charge on any atom is 0.407 e. The number of carbonyl (C=O) groups excluding carboxylic acids is 4. The maximum absolute atomic E-state index is 15.0. The van der Waals surface area contributed by atoms with Gasteiger partial charge in [0, 0.05) is 19.0 Å². The Morgan fingerprint density at radius 3 is 2.52 bits per heavy atom. The number of aromatic amines is 1. The van der Waals surface area contributed by atoms with Gasteiger partial charge in [-0.15, -0.1) is 0 Å². The van der Waals surface area contributed by atoms with E-state index >= 15 is 0 Å². The average molecular weight is 815 g/mol. The molecule has 0 unspecified atom stereocenters. The van der Waals surface area contributed by atoms with Crippen molar-refractivity contribution in [2.75, 3.05) is 20.2 Å². The second kappa shape index (κ2) is 15.5. The zero-order valence-corrected chi connectivity index (χ0v) is 32.0. The number of alkyl halides is 4. The first-order valence-electron chi connectivity index (χ1n) is 18.7. The SMILES string of the molecule is CC[C@@H]1CCN(C(=O)CNC(=O)O[C@@H]2C[C@H]2CCCCC(F)(F)c2nc3ccc(OC)cc3[nH]c2=O)[C@@H]1C(=O)N[C@]1(C(=O)NS(=O)(=O)C2(C)CC2)C[C@H]1C(F)F. The van der Waals surface area contributed by atoms with Gasteiger partial charge >= 0.3 is 6.09 Å². The Labute approximate surface area is 320 Å². The Bertz CT molecular complexity index is 2050. The molecule has 3 saturated carbocycles. The molecule has 4 amide bonds. The zero-order chi connectivity index (χ0) is 40.8. The van der Waals surface area contributed by atoms with E-state index in [9.17, 15) is 50.0 Å². The zero-order valence-electron chi connectivity index (χ0n) is 31.2. The first-order valence-corrected chi connectivity index (χ1v) is 20.2. The van der Waals surface area contributed by atoms with E-state index in [4.69, 9.17) is 9.47 Å². The summed E-state index contributed by atoms with van der Waals surface area (Å²) in [4.78, 5) is 72.5. The number of hydrogen-bond donors (Lipinski definition) is 4. The van der Waals surface area contributed by atoms with Gasteiger partial charge in [-0.3, -0.25) is 23.9 Å². The number of fused-ring (bicyclic) bond motifs is 1. The van der Waals surface area contributed by atoms with E-state index in [1.54, 1.807) is 13.0 Å². The molecule has 15 nitrogen and oxygen atoms in total. The molecule has 1 saturated heterocycles. The molecule has 0 radical (unpaired) electrons. The van der Waals surface area contributed by atoms with Crippen molar-refractivity contribution in [1.82, 2.24) is 30.2 Å². The van der Waals surface area contributed by atoms with Gasteiger partial charge in [0.1, 0.15) is 30.0 Å². The fourth-order valence-corrected chi connectivity index (χ4v) is 8.77. The monoisotopic (exact) mass is 814 g/mol. The number of aromatic nitrogens is 2. The van der Waals surface area contributed by atoms with Crippen LogP contribution in [0.3, 0.4) is 0 Å². The number of H-pyrrole nitrogens is 1. The minimum Gasteiger partial charge on any atom is -0.497 e. The van der Waals surface area contributed by atoms with Gasteiger partial charge in [0.2, 0.25) is 28.3 Å². The third-order valence-electron chi connectivity index (χ3n) is 11.6. The summed E-state index contributed by atoms with van der Waals surface area (Å²) in [7, 11) is -2.74. The van der Waals surface area contributed by atoms with Gasteiger partial charge in [0.05, 0.1) is 28.8 Å². The Morgan fingerprint density at radius 2 is 1.88 bits per heavy atom. The number of carbonyl (C=O) groups is 4. The highest BCUT2D eigenvalue weighted by molar-refractivity contribution is 7.91. The maximum atomic E-state index is 15.0. The van der Waals surface area contributed by atoms with E-state index in [0.717, 1.165) is 0 Å². The van der Waals surface area contributed by atoms with Crippen molar-refractivity contribution in [2.45, 2.75) is 113 Å². The van der Waals surface area contributed by atoms with E-state index in [2.05, 4.69) is 20.6 Å². The van der Waals surface area contributed by atoms with Crippen molar-refractivity contribution in [3.8, 4) is 5.75 Å². The Kier molecular flexibility index (Phi) is 11.4. The molecule has 6 rings (SSSR count). The third kappa shape index (κ3) is 8.44. The van der Waals surface area contributed by atoms with E-state index in [0.29, 0.717) is 50.7 Å². The quantitative estimate of drug-likeness (QED) is 0.135. The molecule has 1 aromatic heterocycles. The van der Waals surface area contributed by atoms with Crippen molar-refractivity contribution in [3.63, 3.8) is 0 Å². The number of sulfonamides is 1. The highest BCUT2D eigenvalue weighted by Crippen LogP contribution is 2.49. The predicted molar refractivity (Wildman–Crippen MR) is 191 cm³/mol. The summed E-state index contributed by atoms with van der Waals surface area (Å²) in [6.07, 6.45) is -2.67. The topological polar surface area (TPSA) is 206 Å². The van der Waals surface area contributed by atoms with Gasteiger partial charge in [-0.1, -0.05) is 19.8 Å². The molecule has 4 aliphatic rings. The van der Waals surface area contributed by atoms with Gasteiger partial charge in [0.15, 0.2) is 5.69 Å². The van der Waals surface area contributed by atoms with E-state index < -0.39 is 111 Å². The van der Waals surface area contributed by atoms with Crippen LogP contribution in [0.2, 0.25) is 0 Å². The molecular weight excluding hydrogens is 768 g/mol. The average Bonchev–Trinajstić information content (AvgIpc) is 4.10. The smallest absolute Gasteiger partial charge is 0.407 e. The Morgan fingerprint density at radius 1 is 1.14 bits per heavy atom. The Balaban J connectivity index is 0.954. The Hall–Kier alpha value is -4.49. The van der Waals surface area contributed by atoms with E-state index in [1.807, 2.05) is 4.72 Å². The fourth-order valence-electron chi connectivity index (χ4n) is 7.46. The van der Waals surface area contributed by atoms with Crippen LogP contribution in [-0.2, 0) is 35.1 Å². The highest BCUT2D eigenvalue weighted by Gasteiger charge is 2.67. The molecule has 2 aromatic rings. The first kappa shape index (κ1) is 41.2. The lowest BCUT2D eigenvalue weighted by molar-refractivity contribution is -0.140. The summed E-state index contributed by atoms with van der Waals surface area (Å²) in [6, 6.07) is 3.35. The van der Waals surface area contributed by atoms with Crippen molar-refractivity contribution in [1.29, 1.82) is 0 Å². The summed E-state index contributed by atoms with van der Waals surface area (Å²) < 4.78 is 94.2. The number of methoxy groups -OCH3 is 1. The van der Waals surface area contributed by atoms with E-state index in [-0.39, 0.29) is 29.9 Å². The molecule has 0 bridgehead atoms. The van der Waals surface area contributed by atoms with E-state index in [1.165, 1.54) is 31.1 Å². The first-order chi connectivity index (χ1) is 26.3. The normalized spacial score (nSPS) is 26.4. The molecule has 1 aliphatic heterocycles. The standard InChI is InChI=1S/C36H46F4N6O9S/c1-4-19-10-14-46(27(19)30(48)44-35(17-22(35)29(37)38)32(50)45-56(52,53)34(2)12-13-34)26(47)18-41-33(51)55-25-15-20(25)7-5-6-11-36(39,40)28-31(49)43-24-16-21(54-3)8-9-23(24)42-28/h8-9,16,19-20,22,25,27,29H,4-7,10-15,17-18H2,1-3H3,(H,41,51)(H,43,49)(H,44,48)(H,45,50)/t19-,20-,22+,25-,27+,35-/m1/s1. The highest BCUT2D eigenvalue weighted by atomic mass is 32.2. The number of halogens is 4. The van der Waals surface area contributed by atoms with Crippen molar-refractivity contribution in [3.05, 3.63) is 34.2 Å².